The van der Waals surface area contributed by atoms with Gasteiger partial charge in [-0.05, 0) is 6.92 Å². The maximum atomic E-state index is 8.66. The highest BCUT2D eigenvalue weighted by atomic mass is 16.5. The molecule has 3 nitrogen and oxygen atoms in total. The maximum absolute atomic E-state index is 8.66. The molecule has 0 unspecified atom stereocenters. The van der Waals surface area contributed by atoms with E-state index in [9.17, 15) is 0 Å². The zero-order valence-corrected chi connectivity index (χ0v) is 4.50. The third kappa shape index (κ3) is 1.51. The van der Waals surface area contributed by atoms with Crippen molar-refractivity contribution in [2.75, 3.05) is 0 Å². The highest BCUT2D eigenvalue weighted by Crippen LogP contribution is 2.03. The van der Waals surface area contributed by atoms with E-state index in [1.807, 2.05) is 0 Å². The molecule has 0 aliphatic carbocycles. The van der Waals surface area contributed by atoms with Crippen LogP contribution in [0.1, 0.15) is 6.92 Å². The average Bonchev–Trinajstić information content (AvgIpc) is 1.67. The van der Waals surface area contributed by atoms with E-state index >= 15 is 0 Å². The molecule has 0 amide bonds. The Morgan fingerprint density at radius 1 is 1.62 bits per heavy atom. The second kappa shape index (κ2) is 2.14. The maximum Gasteiger partial charge on any atom is 0.192 e. The standard InChI is InChI=1S/C5H8O3/c1-3-5(2,8)4(6)7/h1,4,6-8H,2H3/t5-/m0/s1. The Morgan fingerprint density at radius 2 is 2.00 bits per heavy atom. The minimum atomic E-state index is -1.87. The minimum absolute atomic E-state index is 1.14. The van der Waals surface area contributed by atoms with Crippen LogP contribution in [0.3, 0.4) is 0 Å². The number of aliphatic hydroxyl groups is 3. The minimum Gasteiger partial charge on any atom is -0.373 e. The lowest BCUT2D eigenvalue weighted by Crippen LogP contribution is -2.37. The first kappa shape index (κ1) is 7.44. The van der Waals surface area contributed by atoms with Gasteiger partial charge in [-0.1, -0.05) is 5.92 Å². The molecule has 0 saturated carbocycles. The SMILES string of the molecule is C#C[C@](C)(O)C(O)O. The summed E-state index contributed by atoms with van der Waals surface area (Å²) in [4.78, 5) is 0. The summed E-state index contributed by atoms with van der Waals surface area (Å²) in [5.41, 5.74) is -1.82. The quantitative estimate of drug-likeness (QED) is 0.294. The molecule has 0 aliphatic rings. The smallest absolute Gasteiger partial charge is 0.192 e. The van der Waals surface area contributed by atoms with Gasteiger partial charge in [0.05, 0.1) is 0 Å². The Labute approximate surface area is 47.6 Å². The Kier molecular flexibility index (Phi) is 1.99. The van der Waals surface area contributed by atoms with Gasteiger partial charge >= 0.3 is 0 Å². The molecule has 0 spiro atoms. The molecule has 46 valence electrons. The second-order valence-corrected chi connectivity index (χ2v) is 1.67. The molecule has 0 rings (SSSR count). The molecule has 0 fully saturated rings. The Balaban J connectivity index is 3.97. The Bertz CT molecular complexity index is 109. The van der Waals surface area contributed by atoms with E-state index in [2.05, 4.69) is 6.42 Å². The summed E-state index contributed by atoms with van der Waals surface area (Å²) in [7, 11) is 0. The third-order valence-corrected chi connectivity index (χ3v) is 0.795. The average molecular weight is 116 g/mol. The van der Waals surface area contributed by atoms with Gasteiger partial charge in [-0.3, -0.25) is 0 Å². The van der Waals surface area contributed by atoms with Crippen LogP contribution in [-0.2, 0) is 0 Å². The van der Waals surface area contributed by atoms with Crippen LogP contribution in [0.5, 0.6) is 0 Å². The van der Waals surface area contributed by atoms with E-state index in [-0.39, 0.29) is 0 Å². The molecule has 3 heteroatoms. The van der Waals surface area contributed by atoms with E-state index in [4.69, 9.17) is 15.3 Å². The largest absolute Gasteiger partial charge is 0.373 e. The predicted molar refractivity (Wildman–Crippen MR) is 27.7 cm³/mol. The summed E-state index contributed by atoms with van der Waals surface area (Å²) in [6.07, 6.45) is 2.82. The summed E-state index contributed by atoms with van der Waals surface area (Å²) >= 11 is 0. The Hall–Kier alpha value is -0.560. The van der Waals surface area contributed by atoms with E-state index in [1.165, 1.54) is 0 Å². The molecule has 0 aliphatic heterocycles. The first-order valence-corrected chi connectivity index (χ1v) is 2.07. The van der Waals surface area contributed by atoms with E-state index < -0.39 is 11.9 Å². The first-order chi connectivity index (χ1) is 3.50. The van der Waals surface area contributed by atoms with Crippen molar-refractivity contribution in [3.63, 3.8) is 0 Å². The van der Waals surface area contributed by atoms with E-state index in [0.29, 0.717) is 0 Å². The fourth-order valence-electron chi connectivity index (χ4n) is 0.0745. The summed E-state index contributed by atoms with van der Waals surface area (Å²) in [6.45, 7) is 1.14. The zero-order chi connectivity index (χ0) is 6.78. The predicted octanol–water partition coefficient (Wildman–Crippen LogP) is -1.32. The summed E-state index contributed by atoms with van der Waals surface area (Å²) in [5.74, 6) is 1.80. The van der Waals surface area contributed by atoms with E-state index in [0.717, 1.165) is 6.92 Å². The molecule has 0 aromatic rings. The van der Waals surface area contributed by atoms with Gasteiger partial charge in [0.2, 0.25) is 0 Å². The van der Waals surface area contributed by atoms with Gasteiger partial charge < -0.3 is 15.3 Å². The summed E-state index contributed by atoms with van der Waals surface area (Å²) < 4.78 is 0. The van der Waals surface area contributed by atoms with Crippen LogP contribution in [-0.4, -0.2) is 27.2 Å². The molecule has 0 aromatic heterocycles. The van der Waals surface area contributed by atoms with Crippen molar-refractivity contribution in [2.45, 2.75) is 18.8 Å². The van der Waals surface area contributed by atoms with Crippen LogP contribution in [0.25, 0.3) is 0 Å². The number of terminal acetylenes is 1. The van der Waals surface area contributed by atoms with Crippen LogP contribution < -0.4 is 0 Å². The number of rotatable bonds is 1. The molecule has 1 atom stereocenters. The van der Waals surface area contributed by atoms with Crippen molar-refractivity contribution < 1.29 is 15.3 Å². The van der Waals surface area contributed by atoms with Crippen LogP contribution in [0.2, 0.25) is 0 Å². The molecule has 0 bridgehead atoms. The number of hydrogen-bond acceptors (Lipinski definition) is 3. The molecule has 0 radical (unpaired) electrons. The molecule has 0 aromatic carbocycles. The fraction of sp³-hybridized carbons (Fsp3) is 0.600. The van der Waals surface area contributed by atoms with Crippen molar-refractivity contribution in [3.8, 4) is 12.3 Å². The summed E-state index contributed by atoms with van der Waals surface area (Å²) in [5, 5.41) is 25.2. The molecule has 3 N–H and O–H groups in total. The van der Waals surface area contributed by atoms with Gasteiger partial charge in [-0.15, -0.1) is 6.42 Å². The van der Waals surface area contributed by atoms with Crippen molar-refractivity contribution >= 4 is 0 Å². The highest BCUT2D eigenvalue weighted by molar-refractivity contribution is 5.05. The van der Waals surface area contributed by atoms with Crippen LogP contribution in [0, 0.1) is 12.3 Å². The zero-order valence-electron chi connectivity index (χ0n) is 4.50. The lowest BCUT2D eigenvalue weighted by atomic mass is 10.1. The highest BCUT2D eigenvalue weighted by Gasteiger charge is 2.24. The monoisotopic (exact) mass is 116 g/mol. The molecule has 0 saturated heterocycles. The lowest BCUT2D eigenvalue weighted by Gasteiger charge is -2.17. The first-order valence-electron chi connectivity index (χ1n) is 2.07. The van der Waals surface area contributed by atoms with Crippen molar-refractivity contribution in [2.24, 2.45) is 0 Å². The van der Waals surface area contributed by atoms with Gasteiger partial charge in [0, 0.05) is 0 Å². The van der Waals surface area contributed by atoms with Gasteiger partial charge in [-0.25, -0.2) is 0 Å². The van der Waals surface area contributed by atoms with Gasteiger partial charge in [0.25, 0.3) is 0 Å². The normalized spacial score (nSPS) is 17.5. The van der Waals surface area contributed by atoms with Crippen molar-refractivity contribution in [3.05, 3.63) is 0 Å². The number of aliphatic hydroxyl groups excluding tert-OH is 1. The Morgan fingerprint density at radius 3 is 2.00 bits per heavy atom. The lowest BCUT2D eigenvalue weighted by molar-refractivity contribution is -0.147. The van der Waals surface area contributed by atoms with Crippen LogP contribution >= 0.6 is 0 Å². The van der Waals surface area contributed by atoms with Crippen molar-refractivity contribution in [1.82, 2.24) is 0 Å². The van der Waals surface area contributed by atoms with E-state index in [1.54, 1.807) is 5.92 Å². The van der Waals surface area contributed by atoms with Crippen LogP contribution in [0.15, 0.2) is 0 Å². The molecular weight excluding hydrogens is 108 g/mol. The topological polar surface area (TPSA) is 60.7 Å². The fourth-order valence-corrected chi connectivity index (χ4v) is 0.0745. The van der Waals surface area contributed by atoms with Gasteiger partial charge in [0.1, 0.15) is 0 Å². The summed E-state index contributed by atoms with van der Waals surface area (Å²) in [6, 6.07) is 0. The van der Waals surface area contributed by atoms with Gasteiger partial charge in [-0.2, -0.15) is 0 Å². The second-order valence-electron chi connectivity index (χ2n) is 1.67. The van der Waals surface area contributed by atoms with Crippen molar-refractivity contribution in [1.29, 1.82) is 0 Å². The molecular formula is C5H8O3. The van der Waals surface area contributed by atoms with Crippen LogP contribution in [0.4, 0.5) is 0 Å². The molecule has 0 heterocycles. The van der Waals surface area contributed by atoms with Gasteiger partial charge in [0.15, 0.2) is 11.9 Å². The number of hydrogen-bond donors (Lipinski definition) is 3. The third-order valence-electron chi connectivity index (χ3n) is 0.795. The molecule has 8 heavy (non-hydrogen) atoms.